The minimum absolute atomic E-state index is 0.359. The molecule has 0 saturated carbocycles. The van der Waals surface area contributed by atoms with E-state index in [0.29, 0.717) is 12.3 Å². The highest BCUT2D eigenvalue weighted by Crippen LogP contribution is 2.28. The lowest BCUT2D eigenvalue weighted by Crippen LogP contribution is -2.03. The molecule has 0 spiro atoms. The van der Waals surface area contributed by atoms with E-state index in [1.54, 1.807) is 0 Å². The van der Waals surface area contributed by atoms with Crippen molar-refractivity contribution in [1.29, 1.82) is 0 Å². The Kier molecular flexibility index (Phi) is 4.01. The summed E-state index contributed by atoms with van der Waals surface area (Å²) in [5, 5.41) is 14.0. The SMILES string of the molecule is Cc1cc(Cl)ccc1CNc1ccc(C)c(O)c1C. The Morgan fingerprint density at radius 2 is 1.79 bits per heavy atom. The van der Waals surface area contributed by atoms with Crippen molar-refractivity contribution in [2.75, 3.05) is 5.32 Å². The quantitative estimate of drug-likeness (QED) is 0.859. The molecule has 19 heavy (non-hydrogen) atoms. The van der Waals surface area contributed by atoms with Crippen molar-refractivity contribution < 1.29 is 5.11 Å². The van der Waals surface area contributed by atoms with Crippen LogP contribution in [0.5, 0.6) is 5.75 Å². The van der Waals surface area contributed by atoms with Gasteiger partial charge in [-0.05, 0) is 55.7 Å². The van der Waals surface area contributed by atoms with Gasteiger partial charge in [0.2, 0.25) is 0 Å². The van der Waals surface area contributed by atoms with Crippen molar-refractivity contribution in [3.8, 4) is 5.75 Å². The number of phenols is 1. The second-order valence-corrected chi connectivity index (χ2v) is 5.26. The normalized spacial score (nSPS) is 10.5. The molecule has 2 rings (SSSR count). The number of halogens is 1. The molecule has 0 fully saturated rings. The van der Waals surface area contributed by atoms with E-state index in [-0.39, 0.29) is 0 Å². The molecule has 0 saturated heterocycles. The van der Waals surface area contributed by atoms with Gasteiger partial charge in [-0.1, -0.05) is 23.7 Å². The van der Waals surface area contributed by atoms with Crippen LogP contribution >= 0.6 is 11.6 Å². The van der Waals surface area contributed by atoms with Crippen LogP contribution in [0.15, 0.2) is 30.3 Å². The van der Waals surface area contributed by atoms with Gasteiger partial charge >= 0.3 is 0 Å². The number of aryl methyl sites for hydroxylation is 2. The van der Waals surface area contributed by atoms with Gasteiger partial charge in [-0.2, -0.15) is 0 Å². The third kappa shape index (κ3) is 3.02. The second kappa shape index (κ2) is 5.54. The second-order valence-electron chi connectivity index (χ2n) is 4.83. The highest BCUT2D eigenvalue weighted by molar-refractivity contribution is 6.30. The zero-order valence-electron chi connectivity index (χ0n) is 11.4. The van der Waals surface area contributed by atoms with Crippen LogP contribution in [0.2, 0.25) is 5.02 Å². The number of hydrogen-bond acceptors (Lipinski definition) is 2. The maximum Gasteiger partial charge on any atom is 0.123 e. The molecular formula is C16H18ClNO. The Morgan fingerprint density at radius 1 is 1.05 bits per heavy atom. The summed E-state index contributed by atoms with van der Waals surface area (Å²) in [5.41, 5.74) is 5.09. The predicted octanol–water partition coefficient (Wildman–Crippen LogP) is 4.58. The molecular weight excluding hydrogens is 258 g/mol. The third-order valence-electron chi connectivity index (χ3n) is 3.41. The van der Waals surface area contributed by atoms with E-state index in [2.05, 4.69) is 5.32 Å². The van der Waals surface area contributed by atoms with E-state index >= 15 is 0 Å². The smallest absolute Gasteiger partial charge is 0.123 e. The van der Waals surface area contributed by atoms with Crippen LogP contribution in [0.3, 0.4) is 0 Å². The monoisotopic (exact) mass is 275 g/mol. The van der Waals surface area contributed by atoms with Gasteiger partial charge in [0.25, 0.3) is 0 Å². The number of aromatic hydroxyl groups is 1. The summed E-state index contributed by atoms with van der Waals surface area (Å²) in [5.74, 6) is 0.359. The lowest BCUT2D eigenvalue weighted by atomic mass is 10.1. The molecule has 2 aromatic rings. The molecule has 0 heterocycles. The summed E-state index contributed by atoms with van der Waals surface area (Å²) in [7, 11) is 0. The molecule has 0 unspecified atom stereocenters. The maximum atomic E-state index is 9.92. The molecule has 0 bridgehead atoms. The van der Waals surface area contributed by atoms with E-state index in [1.807, 2.05) is 51.1 Å². The molecule has 0 aliphatic rings. The number of rotatable bonds is 3. The Hall–Kier alpha value is -1.67. The zero-order chi connectivity index (χ0) is 14.0. The number of nitrogens with one attached hydrogen (secondary N) is 1. The minimum Gasteiger partial charge on any atom is -0.507 e. The van der Waals surface area contributed by atoms with Gasteiger partial charge in [0.1, 0.15) is 5.75 Å². The third-order valence-corrected chi connectivity index (χ3v) is 3.64. The average Bonchev–Trinajstić information content (AvgIpc) is 2.37. The van der Waals surface area contributed by atoms with Crippen LogP contribution in [0.1, 0.15) is 22.3 Å². The molecule has 0 aromatic heterocycles. The van der Waals surface area contributed by atoms with Gasteiger partial charge in [-0.3, -0.25) is 0 Å². The maximum absolute atomic E-state index is 9.92. The van der Waals surface area contributed by atoms with Gasteiger partial charge in [0, 0.05) is 22.8 Å². The first-order valence-corrected chi connectivity index (χ1v) is 6.65. The van der Waals surface area contributed by atoms with Crippen molar-refractivity contribution in [3.63, 3.8) is 0 Å². The van der Waals surface area contributed by atoms with E-state index in [1.165, 1.54) is 5.56 Å². The van der Waals surface area contributed by atoms with Crippen molar-refractivity contribution >= 4 is 17.3 Å². The van der Waals surface area contributed by atoms with Gasteiger partial charge in [-0.15, -0.1) is 0 Å². The van der Waals surface area contributed by atoms with Crippen molar-refractivity contribution in [1.82, 2.24) is 0 Å². The summed E-state index contributed by atoms with van der Waals surface area (Å²) in [4.78, 5) is 0. The number of hydrogen-bond donors (Lipinski definition) is 2. The molecule has 0 atom stereocenters. The van der Waals surface area contributed by atoms with Crippen LogP contribution in [0.4, 0.5) is 5.69 Å². The van der Waals surface area contributed by atoms with Crippen molar-refractivity contribution in [2.45, 2.75) is 27.3 Å². The van der Waals surface area contributed by atoms with Gasteiger partial charge in [-0.25, -0.2) is 0 Å². The lowest BCUT2D eigenvalue weighted by molar-refractivity contribution is 0.467. The molecule has 0 radical (unpaired) electrons. The fraction of sp³-hybridized carbons (Fsp3) is 0.250. The topological polar surface area (TPSA) is 32.3 Å². The van der Waals surface area contributed by atoms with Crippen LogP contribution in [-0.4, -0.2) is 5.11 Å². The summed E-state index contributed by atoms with van der Waals surface area (Å²) in [6.45, 7) is 6.57. The minimum atomic E-state index is 0.359. The fourth-order valence-corrected chi connectivity index (χ4v) is 2.30. The van der Waals surface area contributed by atoms with E-state index in [9.17, 15) is 5.11 Å². The first-order chi connectivity index (χ1) is 8.99. The Morgan fingerprint density at radius 3 is 2.47 bits per heavy atom. The highest BCUT2D eigenvalue weighted by atomic mass is 35.5. The lowest BCUT2D eigenvalue weighted by Gasteiger charge is -2.13. The first kappa shape index (κ1) is 13.8. The highest BCUT2D eigenvalue weighted by Gasteiger charge is 2.06. The molecule has 0 aliphatic carbocycles. The van der Waals surface area contributed by atoms with Gasteiger partial charge in [0.15, 0.2) is 0 Å². The van der Waals surface area contributed by atoms with E-state index < -0.39 is 0 Å². The van der Waals surface area contributed by atoms with Crippen LogP contribution < -0.4 is 5.32 Å². The molecule has 2 aromatic carbocycles. The van der Waals surface area contributed by atoms with Crippen molar-refractivity contribution in [3.05, 3.63) is 57.6 Å². The van der Waals surface area contributed by atoms with Crippen LogP contribution in [0, 0.1) is 20.8 Å². The Labute approximate surface area is 119 Å². The predicted molar refractivity (Wildman–Crippen MR) is 81.1 cm³/mol. The fourth-order valence-electron chi connectivity index (χ4n) is 2.08. The average molecular weight is 276 g/mol. The Bertz CT molecular complexity index is 608. The molecule has 3 heteroatoms. The molecule has 2 nitrogen and oxygen atoms in total. The van der Waals surface area contributed by atoms with Crippen LogP contribution in [0.25, 0.3) is 0 Å². The van der Waals surface area contributed by atoms with Crippen molar-refractivity contribution in [2.24, 2.45) is 0 Å². The molecule has 100 valence electrons. The molecule has 0 amide bonds. The standard InChI is InChI=1S/C16H18ClNO/c1-10-4-7-15(12(3)16(10)19)18-9-13-5-6-14(17)8-11(13)2/h4-8,18-19H,9H2,1-3H3. The molecule has 0 aliphatic heterocycles. The van der Waals surface area contributed by atoms with E-state index in [0.717, 1.165) is 27.4 Å². The number of benzene rings is 2. The zero-order valence-corrected chi connectivity index (χ0v) is 12.2. The first-order valence-electron chi connectivity index (χ1n) is 6.27. The summed E-state index contributed by atoms with van der Waals surface area (Å²) in [6.07, 6.45) is 0. The van der Waals surface area contributed by atoms with Gasteiger partial charge < -0.3 is 10.4 Å². The Balaban J connectivity index is 2.17. The number of phenolic OH excluding ortho intramolecular Hbond substituents is 1. The van der Waals surface area contributed by atoms with Gasteiger partial charge in [0.05, 0.1) is 0 Å². The summed E-state index contributed by atoms with van der Waals surface area (Å²) < 4.78 is 0. The number of anilines is 1. The largest absolute Gasteiger partial charge is 0.507 e. The summed E-state index contributed by atoms with van der Waals surface area (Å²) >= 11 is 5.94. The summed E-state index contributed by atoms with van der Waals surface area (Å²) in [6, 6.07) is 9.78. The van der Waals surface area contributed by atoms with E-state index in [4.69, 9.17) is 11.6 Å². The molecule has 2 N–H and O–H groups in total. The van der Waals surface area contributed by atoms with Crippen LogP contribution in [-0.2, 0) is 6.54 Å².